The molecule has 4 aliphatic carbocycles. The number of hydrogen-bond donors (Lipinski definition) is 3. The summed E-state index contributed by atoms with van der Waals surface area (Å²) < 4.78 is 5.22. The second-order valence-corrected chi connectivity index (χ2v) is 10.0. The predicted molar refractivity (Wildman–Crippen MR) is 96.7 cm³/mol. The third-order valence-corrected chi connectivity index (χ3v) is 8.89. The number of methoxy groups -OCH3 is 1. The van der Waals surface area contributed by atoms with Crippen LogP contribution in [-0.2, 0) is 14.3 Å². The van der Waals surface area contributed by atoms with Gasteiger partial charge in [-0.15, -0.1) is 0 Å². The normalized spacial score (nSPS) is 54.6. The minimum atomic E-state index is -1.41. The van der Waals surface area contributed by atoms with Crippen LogP contribution in [-0.4, -0.2) is 59.4 Å². The van der Waals surface area contributed by atoms with Gasteiger partial charge in [-0.3, -0.25) is 9.59 Å². The van der Waals surface area contributed by atoms with Crippen LogP contribution in [0.15, 0.2) is 0 Å². The van der Waals surface area contributed by atoms with E-state index in [1.54, 1.807) is 0 Å². The first-order valence-corrected chi connectivity index (χ1v) is 10.2. The molecule has 6 nitrogen and oxygen atoms in total. The number of fused-ring (bicyclic) bond motifs is 3. The van der Waals surface area contributed by atoms with Crippen molar-refractivity contribution < 1.29 is 29.6 Å². The van der Waals surface area contributed by atoms with Crippen molar-refractivity contribution in [2.24, 2.45) is 39.9 Å². The molecular formula is C21H32O6. The monoisotopic (exact) mass is 380 g/mol. The van der Waals surface area contributed by atoms with E-state index in [2.05, 4.69) is 0 Å². The van der Waals surface area contributed by atoms with E-state index in [1.807, 2.05) is 13.8 Å². The number of aliphatic hydroxyl groups excluding tert-OH is 3. The van der Waals surface area contributed by atoms with Gasteiger partial charge in [-0.25, -0.2) is 0 Å². The predicted octanol–water partition coefficient (Wildman–Crippen LogP) is 0.954. The fourth-order valence-electron chi connectivity index (χ4n) is 7.79. The molecule has 6 heteroatoms. The summed E-state index contributed by atoms with van der Waals surface area (Å²) >= 11 is 0. The van der Waals surface area contributed by atoms with Gasteiger partial charge in [0.25, 0.3) is 0 Å². The van der Waals surface area contributed by atoms with Gasteiger partial charge in [-0.05, 0) is 36.0 Å². The minimum Gasteiger partial charge on any atom is -0.396 e. The molecule has 0 aromatic heterocycles. The largest absolute Gasteiger partial charge is 0.396 e. The molecule has 4 rings (SSSR count). The molecule has 0 heterocycles. The van der Waals surface area contributed by atoms with E-state index in [9.17, 15) is 24.9 Å². The van der Waals surface area contributed by atoms with Crippen molar-refractivity contribution in [1.82, 2.24) is 0 Å². The molecular weight excluding hydrogens is 348 g/mol. The Kier molecular flexibility index (Phi) is 4.39. The Bertz CT molecular complexity index is 663. The van der Waals surface area contributed by atoms with Crippen LogP contribution in [0.2, 0.25) is 0 Å². The van der Waals surface area contributed by atoms with Gasteiger partial charge in [0.2, 0.25) is 0 Å². The second kappa shape index (κ2) is 6.09. The van der Waals surface area contributed by atoms with E-state index in [0.717, 1.165) is 19.3 Å². The molecule has 4 fully saturated rings. The van der Waals surface area contributed by atoms with Crippen LogP contribution < -0.4 is 0 Å². The van der Waals surface area contributed by atoms with Gasteiger partial charge < -0.3 is 20.1 Å². The minimum absolute atomic E-state index is 0.000683. The fourth-order valence-corrected chi connectivity index (χ4v) is 7.79. The zero-order valence-corrected chi connectivity index (χ0v) is 16.5. The molecule has 152 valence electrons. The number of aliphatic hydroxyl groups is 3. The lowest BCUT2D eigenvalue weighted by Gasteiger charge is -2.64. The molecule has 0 amide bonds. The van der Waals surface area contributed by atoms with Crippen LogP contribution in [0.4, 0.5) is 0 Å². The Morgan fingerprint density at radius 1 is 1.19 bits per heavy atom. The summed E-state index contributed by atoms with van der Waals surface area (Å²) in [4.78, 5) is 26.9. The van der Waals surface area contributed by atoms with Gasteiger partial charge >= 0.3 is 0 Å². The first kappa shape index (κ1) is 19.5. The molecule has 0 aromatic carbocycles. The summed E-state index contributed by atoms with van der Waals surface area (Å²) in [5.74, 6) is -1.96. The Morgan fingerprint density at radius 2 is 1.89 bits per heavy atom. The number of carbonyl (C=O) groups excluding carboxylic acids is 2. The van der Waals surface area contributed by atoms with E-state index in [1.165, 1.54) is 7.11 Å². The van der Waals surface area contributed by atoms with Crippen molar-refractivity contribution in [3.05, 3.63) is 0 Å². The first-order valence-electron chi connectivity index (χ1n) is 10.2. The van der Waals surface area contributed by atoms with Crippen LogP contribution in [0.25, 0.3) is 0 Å². The highest BCUT2D eigenvalue weighted by Crippen LogP contribution is 2.70. The number of ether oxygens (including phenoxy) is 1. The zero-order chi connectivity index (χ0) is 19.8. The summed E-state index contributed by atoms with van der Waals surface area (Å²) in [6.07, 6.45) is 0.914. The van der Waals surface area contributed by atoms with E-state index in [4.69, 9.17) is 4.74 Å². The highest BCUT2D eigenvalue weighted by Gasteiger charge is 2.77. The molecule has 0 aliphatic heterocycles. The highest BCUT2D eigenvalue weighted by molar-refractivity contribution is 6.01. The number of Topliss-reactive ketones (excluding diaryl/α,β-unsaturated/α-hetero) is 2. The van der Waals surface area contributed by atoms with E-state index in [0.29, 0.717) is 6.42 Å². The maximum absolute atomic E-state index is 13.5. The molecule has 0 unspecified atom stereocenters. The highest BCUT2D eigenvalue weighted by atomic mass is 16.5. The van der Waals surface area contributed by atoms with Crippen LogP contribution in [0.1, 0.15) is 46.0 Å². The second-order valence-electron chi connectivity index (χ2n) is 10.0. The van der Waals surface area contributed by atoms with E-state index < -0.39 is 40.8 Å². The Hall–Kier alpha value is -0.820. The van der Waals surface area contributed by atoms with Crippen molar-refractivity contribution >= 4 is 11.6 Å². The summed E-state index contributed by atoms with van der Waals surface area (Å²) in [6.45, 7) is 4.24. The maximum atomic E-state index is 13.5. The van der Waals surface area contributed by atoms with Crippen LogP contribution in [0.5, 0.6) is 0 Å². The quantitative estimate of drug-likeness (QED) is 0.674. The summed E-state index contributed by atoms with van der Waals surface area (Å²) in [6, 6.07) is 0. The maximum Gasteiger partial charge on any atom is 0.150 e. The third-order valence-electron chi connectivity index (χ3n) is 8.89. The van der Waals surface area contributed by atoms with Crippen molar-refractivity contribution in [1.29, 1.82) is 0 Å². The molecule has 9 atom stereocenters. The summed E-state index contributed by atoms with van der Waals surface area (Å²) in [5, 5.41) is 32.6. The summed E-state index contributed by atoms with van der Waals surface area (Å²) in [7, 11) is 1.52. The molecule has 0 radical (unpaired) electrons. The first-order chi connectivity index (χ1) is 12.7. The number of carbonyl (C=O) groups is 2. The molecule has 0 saturated heterocycles. The van der Waals surface area contributed by atoms with Gasteiger partial charge in [0.05, 0.1) is 24.2 Å². The molecule has 2 bridgehead atoms. The van der Waals surface area contributed by atoms with E-state index in [-0.39, 0.29) is 42.5 Å². The molecule has 3 N–H and O–H groups in total. The van der Waals surface area contributed by atoms with Crippen molar-refractivity contribution in [2.45, 2.75) is 58.2 Å². The molecule has 4 saturated carbocycles. The fraction of sp³-hybridized carbons (Fsp3) is 0.905. The van der Waals surface area contributed by atoms with Crippen LogP contribution in [0, 0.1) is 39.9 Å². The lowest BCUT2D eigenvalue weighted by atomic mass is 9.39. The van der Waals surface area contributed by atoms with Gasteiger partial charge in [0.15, 0.2) is 5.78 Å². The zero-order valence-electron chi connectivity index (χ0n) is 16.5. The lowest BCUT2D eigenvalue weighted by molar-refractivity contribution is -0.225. The molecule has 27 heavy (non-hydrogen) atoms. The standard InChI is InChI=1S/C21H32O6/c1-19(10-22)5-4-6-20(2)14(19)8-15(24)21-16(20)13(23)7-11(17(21)25)12(9-27-3)18(21)26/h11-12,14-17,22,24-25H,4-10H2,1-3H3/t11-,12+,14+,15+,16-,17+,19+,20+,21-/m0/s1. The van der Waals surface area contributed by atoms with Gasteiger partial charge in [0.1, 0.15) is 5.78 Å². The SMILES string of the molecule is COC[C@H]1C(=O)[C@@]23[C@H](O)C[C@@H]4[C@@](C)(CO)CCC[C@@]4(C)[C@@H]2C(=O)C[C@@H]1[C@H]3O. The lowest BCUT2D eigenvalue weighted by Crippen LogP contribution is -2.69. The van der Waals surface area contributed by atoms with Crippen LogP contribution in [0.3, 0.4) is 0 Å². The average molecular weight is 380 g/mol. The molecule has 0 aromatic rings. The Balaban J connectivity index is 1.87. The Morgan fingerprint density at radius 3 is 2.52 bits per heavy atom. The van der Waals surface area contributed by atoms with E-state index >= 15 is 0 Å². The van der Waals surface area contributed by atoms with Crippen molar-refractivity contribution in [2.75, 3.05) is 20.3 Å². The van der Waals surface area contributed by atoms with Crippen molar-refractivity contribution in [3.63, 3.8) is 0 Å². The topological polar surface area (TPSA) is 104 Å². The number of hydrogen-bond acceptors (Lipinski definition) is 6. The van der Waals surface area contributed by atoms with Crippen molar-refractivity contribution in [3.8, 4) is 0 Å². The number of ketones is 2. The Labute approximate surface area is 160 Å². The summed E-state index contributed by atoms with van der Waals surface area (Å²) in [5.41, 5.74) is -2.30. The third kappa shape index (κ3) is 2.16. The molecule has 1 spiro atoms. The van der Waals surface area contributed by atoms with Gasteiger partial charge in [0, 0.05) is 37.9 Å². The average Bonchev–Trinajstić information content (AvgIpc) is 2.74. The number of rotatable bonds is 3. The van der Waals surface area contributed by atoms with Crippen LogP contribution >= 0.6 is 0 Å². The van der Waals surface area contributed by atoms with Gasteiger partial charge in [-0.1, -0.05) is 20.3 Å². The van der Waals surface area contributed by atoms with Gasteiger partial charge in [-0.2, -0.15) is 0 Å². The smallest absolute Gasteiger partial charge is 0.150 e. The molecule has 4 aliphatic rings.